The maximum absolute atomic E-state index is 11.4. The van der Waals surface area contributed by atoms with Crippen molar-refractivity contribution in [3.63, 3.8) is 0 Å². The topological polar surface area (TPSA) is 86.7 Å². The van der Waals surface area contributed by atoms with Crippen LogP contribution in [-0.2, 0) is 28.7 Å². The quantitative estimate of drug-likeness (QED) is 0.489. The van der Waals surface area contributed by atoms with Crippen LogP contribution in [0.25, 0.3) is 0 Å². The van der Waals surface area contributed by atoms with Crippen molar-refractivity contribution < 1.29 is 28.7 Å². The van der Waals surface area contributed by atoms with E-state index >= 15 is 0 Å². The monoisotopic (exact) mass is 230 g/mol. The summed E-state index contributed by atoms with van der Waals surface area (Å²) in [7, 11) is 0. The Bertz CT molecular complexity index is 316. The first-order valence-corrected chi connectivity index (χ1v) is 4.57. The second-order valence-corrected chi connectivity index (χ2v) is 3.31. The van der Waals surface area contributed by atoms with Crippen LogP contribution >= 0.6 is 0 Å². The van der Waals surface area contributed by atoms with Crippen molar-refractivity contribution in [3.05, 3.63) is 0 Å². The SMILES string of the molecule is CC(=O)OCC(OC(C)=O)(C(C)=O)C(C)=O. The minimum Gasteiger partial charge on any atom is -0.461 e. The summed E-state index contributed by atoms with van der Waals surface area (Å²) in [6.45, 7) is 3.78. The van der Waals surface area contributed by atoms with Gasteiger partial charge in [0.25, 0.3) is 5.60 Å². The van der Waals surface area contributed by atoms with Crippen molar-refractivity contribution in [2.45, 2.75) is 33.3 Å². The first-order chi connectivity index (χ1) is 7.22. The molecule has 0 aromatic heterocycles. The highest BCUT2D eigenvalue weighted by Gasteiger charge is 2.45. The van der Waals surface area contributed by atoms with Crippen LogP contribution < -0.4 is 0 Å². The Morgan fingerprint density at radius 2 is 1.31 bits per heavy atom. The van der Waals surface area contributed by atoms with E-state index in [-0.39, 0.29) is 0 Å². The van der Waals surface area contributed by atoms with Crippen LogP contribution in [0.15, 0.2) is 0 Å². The molecule has 0 aliphatic carbocycles. The molecule has 90 valence electrons. The second-order valence-electron chi connectivity index (χ2n) is 3.31. The first kappa shape index (κ1) is 14.3. The Balaban J connectivity index is 5.09. The molecule has 0 fully saturated rings. The average molecular weight is 230 g/mol. The van der Waals surface area contributed by atoms with Gasteiger partial charge in [-0.05, 0) is 13.8 Å². The highest BCUT2D eigenvalue weighted by atomic mass is 16.6. The molecule has 16 heavy (non-hydrogen) atoms. The van der Waals surface area contributed by atoms with Crippen LogP contribution in [-0.4, -0.2) is 35.7 Å². The lowest BCUT2D eigenvalue weighted by molar-refractivity contribution is -0.179. The number of esters is 2. The van der Waals surface area contributed by atoms with E-state index in [9.17, 15) is 19.2 Å². The summed E-state index contributed by atoms with van der Waals surface area (Å²) in [5.74, 6) is -2.83. The number of carbonyl (C=O) groups excluding carboxylic acids is 4. The fourth-order valence-corrected chi connectivity index (χ4v) is 1.07. The third-order valence-corrected chi connectivity index (χ3v) is 1.93. The summed E-state index contributed by atoms with van der Waals surface area (Å²) in [4.78, 5) is 44.2. The molecule has 6 nitrogen and oxygen atoms in total. The molecule has 0 saturated carbocycles. The zero-order valence-corrected chi connectivity index (χ0v) is 9.66. The van der Waals surface area contributed by atoms with Gasteiger partial charge in [-0.3, -0.25) is 19.2 Å². The van der Waals surface area contributed by atoms with Crippen LogP contribution in [0.4, 0.5) is 0 Å². The lowest BCUT2D eigenvalue weighted by Gasteiger charge is -2.26. The normalized spacial score (nSPS) is 10.5. The number of ketones is 2. The van der Waals surface area contributed by atoms with Crippen molar-refractivity contribution in [1.82, 2.24) is 0 Å². The molecule has 0 atom stereocenters. The van der Waals surface area contributed by atoms with E-state index < -0.39 is 35.7 Å². The Morgan fingerprint density at radius 3 is 1.56 bits per heavy atom. The molecule has 0 heterocycles. The molecule has 6 heteroatoms. The number of hydrogen-bond donors (Lipinski definition) is 0. The molecule has 0 radical (unpaired) electrons. The van der Waals surface area contributed by atoms with E-state index in [1.165, 1.54) is 0 Å². The van der Waals surface area contributed by atoms with E-state index in [1.807, 2.05) is 0 Å². The predicted octanol–water partition coefficient (Wildman–Crippen LogP) is 0.0294. The zero-order valence-electron chi connectivity index (χ0n) is 9.66. The van der Waals surface area contributed by atoms with Crippen LogP contribution in [0.5, 0.6) is 0 Å². The fraction of sp³-hybridized carbons (Fsp3) is 0.600. The smallest absolute Gasteiger partial charge is 0.304 e. The van der Waals surface area contributed by atoms with Gasteiger partial charge in [-0.15, -0.1) is 0 Å². The van der Waals surface area contributed by atoms with Gasteiger partial charge in [-0.2, -0.15) is 0 Å². The number of carbonyl (C=O) groups is 4. The highest BCUT2D eigenvalue weighted by Crippen LogP contribution is 2.16. The van der Waals surface area contributed by atoms with E-state index in [2.05, 4.69) is 4.74 Å². The number of ether oxygens (including phenoxy) is 2. The van der Waals surface area contributed by atoms with Gasteiger partial charge in [0, 0.05) is 13.8 Å². The second kappa shape index (κ2) is 5.39. The van der Waals surface area contributed by atoms with Gasteiger partial charge in [0.1, 0.15) is 6.61 Å². The average Bonchev–Trinajstić information content (AvgIpc) is 2.10. The fourth-order valence-electron chi connectivity index (χ4n) is 1.07. The molecule has 0 aromatic rings. The third-order valence-electron chi connectivity index (χ3n) is 1.93. The molecular formula is C10H14O6. The Hall–Kier alpha value is -1.72. The molecule has 0 rings (SSSR count). The third kappa shape index (κ3) is 3.45. The van der Waals surface area contributed by atoms with Crippen LogP contribution in [0.2, 0.25) is 0 Å². The van der Waals surface area contributed by atoms with E-state index in [1.54, 1.807) is 0 Å². The van der Waals surface area contributed by atoms with Gasteiger partial charge in [0.15, 0.2) is 11.6 Å². The first-order valence-electron chi connectivity index (χ1n) is 4.57. The molecule has 0 saturated heterocycles. The van der Waals surface area contributed by atoms with Crippen LogP contribution in [0, 0.1) is 0 Å². The summed E-state index contributed by atoms with van der Waals surface area (Å²) in [5, 5.41) is 0. The summed E-state index contributed by atoms with van der Waals surface area (Å²) in [5.41, 5.74) is -2.02. The molecule has 0 unspecified atom stereocenters. The standard InChI is InChI=1S/C10H14O6/c1-6(11)10(7(2)12,16-9(4)14)5-15-8(3)13/h5H2,1-4H3. The number of Topliss-reactive ketones (excluding diaryl/α,β-unsaturated/α-hetero) is 2. The van der Waals surface area contributed by atoms with Crippen molar-refractivity contribution in [2.75, 3.05) is 6.61 Å². The van der Waals surface area contributed by atoms with Crippen LogP contribution in [0.3, 0.4) is 0 Å². The van der Waals surface area contributed by atoms with E-state index in [4.69, 9.17) is 4.74 Å². The lowest BCUT2D eigenvalue weighted by atomic mass is 9.95. The van der Waals surface area contributed by atoms with Crippen molar-refractivity contribution >= 4 is 23.5 Å². The van der Waals surface area contributed by atoms with Gasteiger partial charge in [-0.25, -0.2) is 0 Å². The number of rotatable bonds is 5. The minimum absolute atomic E-state index is 0.591. The molecule has 0 amide bonds. The Kier molecular flexibility index (Phi) is 4.81. The number of hydrogen-bond acceptors (Lipinski definition) is 6. The molecule has 0 N–H and O–H groups in total. The maximum atomic E-state index is 11.4. The van der Waals surface area contributed by atoms with Gasteiger partial charge < -0.3 is 9.47 Å². The summed E-state index contributed by atoms with van der Waals surface area (Å²) < 4.78 is 9.27. The summed E-state index contributed by atoms with van der Waals surface area (Å²) in [6.07, 6.45) is 0. The minimum atomic E-state index is -2.02. The maximum Gasteiger partial charge on any atom is 0.304 e. The van der Waals surface area contributed by atoms with Gasteiger partial charge in [0.05, 0.1) is 0 Å². The van der Waals surface area contributed by atoms with Gasteiger partial charge >= 0.3 is 11.9 Å². The Labute approximate surface area is 92.9 Å². The zero-order chi connectivity index (χ0) is 12.9. The van der Waals surface area contributed by atoms with Crippen molar-refractivity contribution in [3.8, 4) is 0 Å². The highest BCUT2D eigenvalue weighted by molar-refractivity contribution is 6.10. The van der Waals surface area contributed by atoms with Gasteiger partial charge in [-0.1, -0.05) is 0 Å². The molecular weight excluding hydrogens is 216 g/mol. The van der Waals surface area contributed by atoms with E-state index in [0.29, 0.717) is 0 Å². The van der Waals surface area contributed by atoms with E-state index in [0.717, 1.165) is 27.7 Å². The molecule has 0 aliphatic heterocycles. The summed E-state index contributed by atoms with van der Waals surface area (Å²) >= 11 is 0. The van der Waals surface area contributed by atoms with Crippen LogP contribution in [0.1, 0.15) is 27.7 Å². The Morgan fingerprint density at radius 1 is 0.875 bits per heavy atom. The molecule has 0 spiro atoms. The lowest BCUT2D eigenvalue weighted by Crippen LogP contribution is -2.52. The van der Waals surface area contributed by atoms with Gasteiger partial charge in [0.2, 0.25) is 0 Å². The summed E-state index contributed by atoms with van der Waals surface area (Å²) in [6, 6.07) is 0. The predicted molar refractivity (Wildman–Crippen MR) is 52.5 cm³/mol. The molecule has 0 bridgehead atoms. The van der Waals surface area contributed by atoms with Crippen molar-refractivity contribution in [1.29, 1.82) is 0 Å². The van der Waals surface area contributed by atoms with Crippen molar-refractivity contribution in [2.24, 2.45) is 0 Å². The molecule has 0 aliphatic rings. The molecule has 0 aromatic carbocycles. The largest absolute Gasteiger partial charge is 0.461 e.